The second-order valence-corrected chi connectivity index (χ2v) is 2.78. The number of hydrogen-bond donors (Lipinski definition) is 1. The molecule has 0 saturated heterocycles. The minimum absolute atomic E-state index is 0.0827. The Labute approximate surface area is 77.4 Å². The first kappa shape index (κ1) is 9.64. The normalized spacial score (nSPS) is 9.62. The number of hydrogen-bond acceptors (Lipinski definition) is 3. The van der Waals surface area contributed by atoms with Gasteiger partial charge >= 0.3 is 0 Å². The number of nitrogens with zero attached hydrogens (tertiary/aromatic N) is 2. The first-order valence-corrected chi connectivity index (χ1v) is 4.35. The predicted octanol–water partition coefficient (Wildman–Crippen LogP) is 0.893. The van der Waals surface area contributed by atoms with Gasteiger partial charge in [-0.1, -0.05) is 6.92 Å². The molecule has 13 heavy (non-hydrogen) atoms. The van der Waals surface area contributed by atoms with Gasteiger partial charge in [0.1, 0.15) is 0 Å². The van der Waals surface area contributed by atoms with Crippen molar-refractivity contribution in [3.63, 3.8) is 0 Å². The van der Waals surface area contributed by atoms with E-state index in [1.807, 2.05) is 13.0 Å². The van der Waals surface area contributed by atoms with E-state index in [0.29, 0.717) is 13.0 Å². The van der Waals surface area contributed by atoms with Crippen LogP contribution in [0.25, 0.3) is 0 Å². The summed E-state index contributed by atoms with van der Waals surface area (Å²) in [5.74, 6) is 0.0827. The number of carbonyl (C=O) groups is 1. The smallest absolute Gasteiger partial charge is 0.220 e. The fourth-order valence-corrected chi connectivity index (χ4v) is 0.939. The summed E-state index contributed by atoms with van der Waals surface area (Å²) in [6.45, 7) is 2.52. The maximum atomic E-state index is 11.1. The maximum absolute atomic E-state index is 11.1. The van der Waals surface area contributed by atoms with Gasteiger partial charge in [0.05, 0.1) is 6.20 Å². The third-order valence-electron chi connectivity index (χ3n) is 1.61. The molecule has 1 aromatic heterocycles. The van der Waals surface area contributed by atoms with Crippen LogP contribution in [0, 0.1) is 0 Å². The number of carbonyl (C=O) groups excluding carboxylic acids is 1. The van der Waals surface area contributed by atoms with Gasteiger partial charge in [0.2, 0.25) is 5.91 Å². The van der Waals surface area contributed by atoms with Gasteiger partial charge < -0.3 is 5.32 Å². The molecule has 0 fully saturated rings. The molecule has 0 saturated carbocycles. The highest BCUT2D eigenvalue weighted by Gasteiger charge is 1.98. The zero-order chi connectivity index (χ0) is 9.52. The van der Waals surface area contributed by atoms with Gasteiger partial charge in [-0.15, -0.1) is 0 Å². The van der Waals surface area contributed by atoms with Gasteiger partial charge in [-0.2, -0.15) is 10.2 Å². The Balaban J connectivity index is 2.31. The molecule has 4 nitrogen and oxygen atoms in total. The van der Waals surface area contributed by atoms with Crippen molar-refractivity contribution in [2.45, 2.75) is 26.3 Å². The number of amides is 1. The molecule has 0 aliphatic rings. The summed E-state index contributed by atoms with van der Waals surface area (Å²) in [4.78, 5) is 11.1. The molecule has 0 unspecified atom stereocenters. The zero-order valence-electron chi connectivity index (χ0n) is 7.66. The molecule has 0 aliphatic carbocycles. The lowest BCUT2D eigenvalue weighted by Crippen LogP contribution is -2.22. The summed E-state index contributed by atoms with van der Waals surface area (Å²) in [5.41, 5.74) is 0.972. The van der Waals surface area contributed by atoms with Crippen LogP contribution in [0.3, 0.4) is 0 Å². The monoisotopic (exact) mass is 179 g/mol. The zero-order valence-corrected chi connectivity index (χ0v) is 7.66. The van der Waals surface area contributed by atoms with Crippen molar-refractivity contribution >= 4 is 5.91 Å². The van der Waals surface area contributed by atoms with Gasteiger partial charge in [0, 0.05) is 19.2 Å². The van der Waals surface area contributed by atoms with E-state index in [9.17, 15) is 4.79 Å². The lowest BCUT2D eigenvalue weighted by molar-refractivity contribution is -0.121. The third kappa shape index (κ3) is 3.64. The second-order valence-electron chi connectivity index (χ2n) is 2.78. The van der Waals surface area contributed by atoms with Crippen molar-refractivity contribution in [2.24, 2.45) is 0 Å². The summed E-state index contributed by atoms with van der Waals surface area (Å²) >= 11 is 0. The minimum atomic E-state index is 0.0827. The third-order valence-corrected chi connectivity index (χ3v) is 1.61. The van der Waals surface area contributed by atoms with Crippen LogP contribution in [0.1, 0.15) is 25.3 Å². The Kier molecular flexibility index (Phi) is 3.88. The molecule has 0 aromatic carbocycles. The molecule has 70 valence electrons. The Bertz CT molecular complexity index is 261. The molecule has 0 atom stereocenters. The van der Waals surface area contributed by atoms with Crippen LogP contribution >= 0.6 is 0 Å². The molecular weight excluding hydrogens is 166 g/mol. The Morgan fingerprint density at radius 3 is 3.00 bits per heavy atom. The van der Waals surface area contributed by atoms with Crippen molar-refractivity contribution in [1.29, 1.82) is 0 Å². The van der Waals surface area contributed by atoms with E-state index in [-0.39, 0.29) is 5.91 Å². The van der Waals surface area contributed by atoms with Crippen LogP contribution in [0.15, 0.2) is 18.5 Å². The molecule has 0 aliphatic heterocycles. The van der Waals surface area contributed by atoms with Crippen LogP contribution in [-0.2, 0) is 11.3 Å². The van der Waals surface area contributed by atoms with E-state index < -0.39 is 0 Å². The summed E-state index contributed by atoms with van der Waals surface area (Å²) in [6, 6.07) is 1.83. The fourth-order valence-electron chi connectivity index (χ4n) is 0.939. The first-order chi connectivity index (χ1) is 6.33. The number of rotatable bonds is 4. The molecule has 1 amide bonds. The summed E-state index contributed by atoms with van der Waals surface area (Å²) in [6.07, 6.45) is 4.71. The van der Waals surface area contributed by atoms with E-state index in [1.165, 1.54) is 0 Å². The van der Waals surface area contributed by atoms with E-state index in [0.717, 1.165) is 12.0 Å². The highest BCUT2D eigenvalue weighted by atomic mass is 16.1. The van der Waals surface area contributed by atoms with E-state index >= 15 is 0 Å². The summed E-state index contributed by atoms with van der Waals surface area (Å²) in [7, 11) is 0. The number of aromatic nitrogens is 2. The summed E-state index contributed by atoms with van der Waals surface area (Å²) in [5, 5.41) is 10.1. The van der Waals surface area contributed by atoms with Gasteiger partial charge in [-0.3, -0.25) is 4.79 Å². The van der Waals surface area contributed by atoms with Crippen molar-refractivity contribution in [1.82, 2.24) is 15.5 Å². The molecule has 0 spiro atoms. The van der Waals surface area contributed by atoms with Crippen molar-refractivity contribution < 1.29 is 4.79 Å². The van der Waals surface area contributed by atoms with Crippen LogP contribution < -0.4 is 5.32 Å². The molecule has 1 aromatic rings. The first-order valence-electron chi connectivity index (χ1n) is 4.35. The Hall–Kier alpha value is -1.45. The molecule has 0 radical (unpaired) electrons. The van der Waals surface area contributed by atoms with E-state index in [1.54, 1.807) is 12.4 Å². The van der Waals surface area contributed by atoms with Gasteiger partial charge in [-0.05, 0) is 18.1 Å². The van der Waals surface area contributed by atoms with Gasteiger partial charge in [-0.25, -0.2) is 0 Å². The highest BCUT2D eigenvalue weighted by molar-refractivity contribution is 5.75. The SMILES string of the molecule is CCCC(=O)NCc1ccnnc1. The highest BCUT2D eigenvalue weighted by Crippen LogP contribution is 1.93. The fraction of sp³-hybridized carbons (Fsp3) is 0.444. The average molecular weight is 179 g/mol. The van der Waals surface area contributed by atoms with Crippen molar-refractivity contribution in [3.05, 3.63) is 24.0 Å². The molecule has 0 bridgehead atoms. The molecular formula is C9H13N3O. The van der Waals surface area contributed by atoms with Crippen molar-refractivity contribution in [2.75, 3.05) is 0 Å². The van der Waals surface area contributed by atoms with Crippen molar-refractivity contribution in [3.8, 4) is 0 Å². The van der Waals surface area contributed by atoms with Crippen LogP contribution in [-0.4, -0.2) is 16.1 Å². The summed E-state index contributed by atoms with van der Waals surface area (Å²) < 4.78 is 0. The second kappa shape index (κ2) is 5.24. The van der Waals surface area contributed by atoms with Crippen LogP contribution in [0.4, 0.5) is 0 Å². The quantitative estimate of drug-likeness (QED) is 0.746. The standard InChI is InChI=1S/C9H13N3O/c1-2-3-9(13)10-6-8-4-5-11-12-7-8/h4-5,7H,2-3,6H2,1H3,(H,10,13). The number of nitrogens with one attached hydrogen (secondary N) is 1. The Morgan fingerprint density at radius 1 is 1.54 bits per heavy atom. The lowest BCUT2D eigenvalue weighted by Gasteiger charge is -2.02. The molecule has 1 N–H and O–H groups in total. The van der Waals surface area contributed by atoms with E-state index in [4.69, 9.17) is 0 Å². The molecule has 4 heteroatoms. The van der Waals surface area contributed by atoms with Crippen LogP contribution in [0.5, 0.6) is 0 Å². The largest absolute Gasteiger partial charge is 0.352 e. The van der Waals surface area contributed by atoms with E-state index in [2.05, 4.69) is 15.5 Å². The maximum Gasteiger partial charge on any atom is 0.220 e. The lowest BCUT2D eigenvalue weighted by atomic mass is 10.3. The van der Waals surface area contributed by atoms with Crippen LogP contribution in [0.2, 0.25) is 0 Å². The van der Waals surface area contributed by atoms with Gasteiger partial charge in [0.25, 0.3) is 0 Å². The molecule has 1 rings (SSSR count). The predicted molar refractivity (Wildman–Crippen MR) is 48.8 cm³/mol. The minimum Gasteiger partial charge on any atom is -0.352 e. The Morgan fingerprint density at radius 2 is 2.38 bits per heavy atom. The molecule has 1 heterocycles. The van der Waals surface area contributed by atoms with Gasteiger partial charge in [0.15, 0.2) is 0 Å². The topological polar surface area (TPSA) is 54.9 Å². The average Bonchev–Trinajstić information content (AvgIpc) is 2.17.